The first-order valence-electron chi connectivity index (χ1n) is 6.49. The van der Waals surface area contributed by atoms with Crippen LogP contribution in [0.5, 0.6) is 0 Å². The lowest BCUT2D eigenvalue weighted by atomic mass is 10.2. The highest BCUT2D eigenvalue weighted by Gasteiger charge is 2.20. The summed E-state index contributed by atoms with van der Waals surface area (Å²) in [5, 5.41) is 4.20. The maximum absolute atomic E-state index is 5.54. The van der Waals surface area contributed by atoms with Crippen molar-refractivity contribution in [3.05, 3.63) is 42.4 Å². The fourth-order valence-corrected chi connectivity index (χ4v) is 2.33. The minimum absolute atomic E-state index is 0.0176. The zero-order chi connectivity index (χ0) is 13.7. The maximum atomic E-state index is 5.54. The minimum atomic E-state index is 0.0176. The summed E-state index contributed by atoms with van der Waals surface area (Å²) in [5.74, 6) is 1.89. The Morgan fingerprint density at radius 3 is 2.95 bits per heavy atom. The van der Waals surface area contributed by atoms with Gasteiger partial charge in [0, 0.05) is 24.7 Å². The Labute approximate surface area is 118 Å². The fourth-order valence-electron chi connectivity index (χ4n) is 1.98. The molecule has 0 spiro atoms. The van der Waals surface area contributed by atoms with Crippen molar-refractivity contribution in [2.45, 2.75) is 24.6 Å². The molecule has 0 aromatic carbocycles. The smallest absolute Gasteiger partial charge is 0.133 e. The SMILES string of the molecule is CSC(C)CCNC(c1ccco1)c1nccn1C. The van der Waals surface area contributed by atoms with Crippen molar-refractivity contribution in [3.63, 3.8) is 0 Å². The summed E-state index contributed by atoms with van der Waals surface area (Å²) in [5.41, 5.74) is 0. The van der Waals surface area contributed by atoms with Gasteiger partial charge in [-0.2, -0.15) is 11.8 Å². The summed E-state index contributed by atoms with van der Waals surface area (Å²) in [6, 6.07) is 3.92. The molecule has 5 heteroatoms. The van der Waals surface area contributed by atoms with E-state index in [4.69, 9.17) is 4.42 Å². The molecule has 2 rings (SSSR count). The Morgan fingerprint density at radius 1 is 1.53 bits per heavy atom. The molecule has 0 saturated heterocycles. The van der Waals surface area contributed by atoms with Crippen molar-refractivity contribution < 1.29 is 4.42 Å². The fraction of sp³-hybridized carbons (Fsp3) is 0.500. The van der Waals surface area contributed by atoms with E-state index in [1.54, 1.807) is 6.26 Å². The number of rotatable bonds is 7. The molecule has 0 aliphatic rings. The Kier molecular flexibility index (Phi) is 5.10. The molecular formula is C14H21N3OS. The second-order valence-corrected chi connectivity index (χ2v) is 5.91. The molecular weight excluding hydrogens is 258 g/mol. The number of hydrogen-bond acceptors (Lipinski definition) is 4. The zero-order valence-electron chi connectivity index (χ0n) is 11.7. The largest absolute Gasteiger partial charge is 0.467 e. The summed E-state index contributed by atoms with van der Waals surface area (Å²) in [4.78, 5) is 4.43. The highest BCUT2D eigenvalue weighted by atomic mass is 32.2. The van der Waals surface area contributed by atoms with Gasteiger partial charge in [0.25, 0.3) is 0 Å². The average molecular weight is 279 g/mol. The molecule has 2 heterocycles. The van der Waals surface area contributed by atoms with Crippen LogP contribution in [-0.2, 0) is 7.05 Å². The molecule has 0 fully saturated rings. The second kappa shape index (κ2) is 6.82. The Bertz CT molecular complexity index is 481. The second-order valence-electron chi connectivity index (χ2n) is 4.63. The summed E-state index contributed by atoms with van der Waals surface area (Å²) in [6.45, 7) is 3.19. The molecule has 0 amide bonds. The van der Waals surface area contributed by atoms with Crippen LogP contribution in [0.3, 0.4) is 0 Å². The predicted molar refractivity (Wildman–Crippen MR) is 79.4 cm³/mol. The molecule has 0 radical (unpaired) electrons. The van der Waals surface area contributed by atoms with Gasteiger partial charge in [0.1, 0.15) is 17.6 Å². The summed E-state index contributed by atoms with van der Waals surface area (Å²) in [7, 11) is 2.00. The van der Waals surface area contributed by atoms with Crippen LogP contribution in [0.15, 0.2) is 35.2 Å². The molecule has 0 aliphatic carbocycles. The number of nitrogens with zero attached hydrogens (tertiary/aromatic N) is 2. The molecule has 1 N–H and O–H groups in total. The summed E-state index contributed by atoms with van der Waals surface area (Å²) >= 11 is 1.89. The third-order valence-electron chi connectivity index (χ3n) is 3.25. The van der Waals surface area contributed by atoms with E-state index in [9.17, 15) is 0 Å². The van der Waals surface area contributed by atoms with Crippen LogP contribution in [0.1, 0.15) is 31.0 Å². The topological polar surface area (TPSA) is 43.0 Å². The van der Waals surface area contributed by atoms with E-state index in [1.165, 1.54) is 0 Å². The van der Waals surface area contributed by atoms with E-state index < -0.39 is 0 Å². The Balaban J connectivity index is 2.06. The highest BCUT2D eigenvalue weighted by molar-refractivity contribution is 7.99. The predicted octanol–water partition coefficient (Wildman–Crippen LogP) is 2.83. The van der Waals surface area contributed by atoms with Crippen molar-refractivity contribution in [2.75, 3.05) is 12.8 Å². The van der Waals surface area contributed by atoms with Gasteiger partial charge in [0.15, 0.2) is 0 Å². The molecule has 4 nitrogen and oxygen atoms in total. The summed E-state index contributed by atoms with van der Waals surface area (Å²) in [6.07, 6.45) is 8.75. The van der Waals surface area contributed by atoms with Crippen molar-refractivity contribution in [3.8, 4) is 0 Å². The monoisotopic (exact) mass is 279 g/mol. The van der Waals surface area contributed by atoms with Gasteiger partial charge in [-0.25, -0.2) is 4.98 Å². The normalized spacial score (nSPS) is 14.5. The number of aromatic nitrogens is 2. The number of aryl methyl sites for hydroxylation is 1. The third kappa shape index (κ3) is 3.64. The van der Waals surface area contributed by atoms with Gasteiger partial charge in [-0.15, -0.1) is 0 Å². The molecule has 0 saturated carbocycles. The zero-order valence-corrected chi connectivity index (χ0v) is 12.5. The number of furan rings is 1. The molecule has 104 valence electrons. The number of hydrogen-bond donors (Lipinski definition) is 1. The third-order valence-corrected chi connectivity index (χ3v) is 4.29. The van der Waals surface area contributed by atoms with Crippen LogP contribution in [0, 0.1) is 0 Å². The molecule has 2 aromatic rings. The van der Waals surface area contributed by atoms with Crippen LogP contribution >= 0.6 is 11.8 Å². The molecule has 2 aromatic heterocycles. The minimum Gasteiger partial charge on any atom is -0.467 e. The first-order chi connectivity index (χ1) is 9.22. The van der Waals surface area contributed by atoms with E-state index in [1.807, 2.05) is 47.9 Å². The van der Waals surface area contributed by atoms with Gasteiger partial charge in [-0.3, -0.25) is 0 Å². The lowest BCUT2D eigenvalue weighted by Gasteiger charge is -2.17. The molecule has 2 unspecified atom stereocenters. The standard InChI is InChI=1S/C14H21N3OS/c1-11(19-3)6-7-15-13(12-5-4-10-18-12)14-16-8-9-17(14)2/h4-5,8-11,13,15H,6-7H2,1-3H3. The molecule has 2 atom stereocenters. The molecule has 19 heavy (non-hydrogen) atoms. The van der Waals surface area contributed by atoms with E-state index in [0.717, 1.165) is 24.6 Å². The van der Waals surface area contributed by atoms with Crippen molar-refractivity contribution >= 4 is 11.8 Å². The van der Waals surface area contributed by atoms with E-state index in [-0.39, 0.29) is 6.04 Å². The van der Waals surface area contributed by atoms with Crippen LogP contribution in [0.4, 0.5) is 0 Å². The van der Waals surface area contributed by atoms with E-state index in [0.29, 0.717) is 5.25 Å². The first kappa shape index (κ1) is 14.2. The van der Waals surface area contributed by atoms with Crippen molar-refractivity contribution in [1.29, 1.82) is 0 Å². The van der Waals surface area contributed by atoms with Gasteiger partial charge in [0.2, 0.25) is 0 Å². The lowest BCUT2D eigenvalue weighted by Crippen LogP contribution is -2.27. The average Bonchev–Trinajstić information content (AvgIpc) is 3.06. The van der Waals surface area contributed by atoms with Crippen molar-refractivity contribution in [2.24, 2.45) is 7.05 Å². The van der Waals surface area contributed by atoms with Crippen LogP contribution in [0.2, 0.25) is 0 Å². The number of nitrogens with one attached hydrogen (secondary N) is 1. The first-order valence-corrected chi connectivity index (χ1v) is 7.78. The highest BCUT2D eigenvalue weighted by Crippen LogP contribution is 2.21. The van der Waals surface area contributed by atoms with Gasteiger partial charge < -0.3 is 14.3 Å². The van der Waals surface area contributed by atoms with Crippen LogP contribution < -0.4 is 5.32 Å². The summed E-state index contributed by atoms with van der Waals surface area (Å²) < 4.78 is 7.56. The maximum Gasteiger partial charge on any atom is 0.133 e. The van der Waals surface area contributed by atoms with Crippen LogP contribution in [-0.4, -0.2) is 27.6 Å². The van der Waals surface area contributed by atoms with Crippen LogP contribution in [0.25, 0.3) is 0 Å². The van der Waals surface area contributed by atoms with Gasteiger partial charge >= 0.3 is 0 Å². The Hall–Kier alpha value is -1.20. The quantitative estimate of drug-likeness (QED) is 0.846. The Morgan fingerprint density at radius 2 is 2.37 bits per heavy atom. The van der Waals surface area contributed by atoms with Gasteiger partial charge in [-0.05, 0) is 31.4 Å². The van der Waals surface area contributed by atoms with E-state index in [2.05, 4.69) is 23.5 Å². The van der Waals surface area contributed by atoms with Crippen molar-refractivity contribution in [1.82, 2.24) is 14.9 Å². The number of thioether (sulfide) groups is 1. The molecule has 0 aliphatic heterocycles. The lowest BCUT2D eigenvalue weighted by molar-refractivity contribution is 0.428. The number of imidazole rings is 1. The van der Waals surface area contributed by atoms with Gasteiger partial charge in [-0.1, -0.05) is 6.92 Å². The van der Waals surface area contributed by atoms with Gasteiger partial charge in [0.05, 0.1) is 6.26 Å². The van der Waals surface area contributed by atoms with E-state index >= 15 is 0 Å². The molecule has 0 bridgehead atoms.